The molecule has 0 aromatic carbocycles. The van der Waals surface area contributed by atoms with E-state index >= 15 is 0 Å². The summed E-state index contributed by atoms with van der Waals surface area (Å²) in [6.07, 6.45) is 1.11. The quantitative estimate of drug-likeness (QED) is 0.584. The molecule has 0 spiro atoms. The molecule has 18 heavy (non-hydrogen) atoms. The van der Waals surface area contributed by atoms with Crippen LogP contribution < -0.4 is 5.32 Å². The predicted octanol–water partition coefficient (Wildman–Crippen LogP) is 1.16. The number of methoxy groups -OCH3 is 3. The van der Waals surface area contributed by atoms with E-state index in [9.17, 15) is 4.79 Å². The van der Waals surface area contributed by atoms with Gasteiger partial charge in [0.2, 0.25) is 5.76 Å². The maximum Gasteiger partial charge on any atom is 0.374 e. The van der Waals surface area contributed by atoms with Gasteiger partial charge in [-0.2, -0.15) is 0 Å². The molecule has 102 valence electrons. The summed E-state index contributed by atoms with van der Waals surface area (Å²) in [6, 6.07) is 1.70. The zero-order chi connectivity index (χ0) is 13.5. The topological polar surface area (TPSA) is 69.9 Å². The van der Waals surface area contributed by atoms with Crippen LogP contribution in [0, 0.1) is 0 Å². The first-order valence-corrected chi connectivity index (χ1v) is 5.57. The first-order chi connectivity index (χ1) is 8.63. The van der Waals surface area contributed by atoms with E-state index in [4.69, 9.17) is 13.9 Å². The summed E-state index contributed by atoms with van der Waals surface area (Å²) < 4.78 is 20.0. The molecule has 0 amide bonds. The highest BCUT2D eigenvalue weighted by Gasteiger charge is 2.19. The standard InChI is InChI=1S/C12H19NO5/c1-8(12(16-3)17-4)13-7-9-5-6-18-10(9)11(14)15-2/h5-6,8,12-13H,7H2,1-4H3. The molecule has 0 aliphatic carbocycles. The van der Waals surface area contributed by atoms with Crippen LogP contribution in [-0.4, -0.2) is 39.6 Å². The molecular weight excluding hydrogens is 238 g/mol. The van der Waals surface area contributed by atoms with Crippen molar-refractivity contribution in [3.05, 3.63) is 23.7 Å². The lowest BCUT2D eigenvalue weighted by molar-refractivity contribution is -0.119. The lowest BCUT2D eigenvalue weighted by Gasteiger charge is -2.22. The van der Waals surface area contributed by atoms with Gasteiger partial charge in [0.1, 0.15) is 0 Å². The van der Waals surface area contributed by atoms with Crippen molar-refractivity contribution in [3.8, 4) is 0 Å². The highest BCUT2D eigenvalue weighted by molar-refractivity contribution is 5.87. The Kier molecular flexibility index (Phi) is 5.84. The molecule has 1 atom stereocenters. The smallest absolute Gasteiger partial charge is 0.374 e. The number of ether oxygens (including phenoxy) is 3. The first-order valence-electron chi connectivity index (χ1n) is 5.57. The molecule has 1 N–H and O–H groups in total. The second-order valence-electron chi connectivity index (χ2n) is 3.78. The molecular formula is C12H19NO5. The van der Waals surface area contributed by atoms with E-state index in [0.29, 0.717) is 6.54 Å². The van der Waals surface area contributed by atoms with Crippen LogP contribution in [0.2, 0.25) is 0 Å². The summed E-state index contributed by atoms with van der Waals surface area (Å²) >= 11 is 0. The van der Waals surface area contributed by atoms with Gasteiger partial charge in [-0.15, -0.1) is 0 Å². The van der Waals surface area contributed by atoms with Crippen LogP contribution in [0.5, 0.6) is 0 Å². The zero-order valence-electron chi connectivity index (χ0n) is 11.1. The Labute approximate surface area is 106 Å². The molecule has 0 aliphatic rings. The van der Waals surface area contributed by atoms with Crippen molar-refractivity contribution < 1.29 is 23.4 Å². The van der Waals surface area contributed by atoms with Crippen molar-refractivity contribution in [3.63, 3.8) is 0 Å². The third-order valence-corrected chi connectivity index (χ3v) is 2.60. The summed E-state index contributed by atoms with van der Waals surface area (Å²) in [5.41, 5.74) is 0.736. The van der Waals surface area contributed by atoms with E-state index < -0.39 is 5.97 Å². The number of esters is 1. The van der Waals surface area contributed by atoms with Crippen LogP contribution >= 0.6 is 0 Å². The molecule has 1 aromatic heterocycles. The molecule has 0 saturated heterocycles. The van der Waals surface area contributed by atoms with E-state index in [1.54, 1.807) is 20.3 Å². The molecule has 0 aliphatic heterocycles. The average Bonchev–Trinajstić information content (AvgIpc) is 2.85. The van der Waals surface area contributed by atoms with Gasteiger partial charge in [0.25, 0.3) is 0 Å². The Hall–Kier alpha value is -1.37. The van der Waals surface area contributed by atoms with Crippen molar-refractivity contribution in [2.24, 2.45) is 0 Å². The van der Waals surface area contributed by atoms with Crippen LogP contribution in [0.15, 0.2) is 16.7 Å². The van der Waals surface area contributed by atoms with E-state index in [2.05, 4.69) is 10.1 Å². The summed E-state index contributed by atoms with van der Waals surface area (Å²) in [7, 11) is 4.46. The SMILES string of the molecule is COC(=O)c1occc1CNC(C)C(OC)OC. The second kappa shape index (κ2) is 7.15. The van der Waals surface area contributed by atoms with Crippen molar-refractivity contribution in [2.75, 3.05) is 21.3 Å². The number of hydrogen-bond acceptors (Lipinski definition) is 6. The molecule has 1 aromatic rings. The largest absolute Gasteiger partial charge is 0.463 e. The van der Waals surface area contributed by atoms with E-state index in [0.717, 1.165) is 5.56 Å². The number of nitrogens with one attached hydrogen (secondary N) is 1. The van der Waals surface area contributed by atoms with Crippen LogP contribution in [0.1, 0.15) is 23.0 Å². The molecule has 0 radical (unpaired) electrons. The maximum atomic E-state index is 11.4. The summed E-state index contributed by atoms with van der Waals surface area (Å²) in [4.78, 5) is 11.4. The van der Waals surface area contributed by atoms with Gasteiger partial charge in [0, 0.05) is 26.3 Å². The fourth-order valence-corrected chi connectivity index (χ4v) is 1.62. The molecule has 1 rings (SSSR count). The maximum absolute atomic E-state index is 11.4. The fraction of sp³-hybridized carbons (Fsp3) is 0.583. The van der Waals surface area contributed by atoms with Crippen LogP contribution in [0.3, 0.4) is 0 Å². The Morgan fingerprint density at radius 2 is 2.06 bits per heavy atom. The van der Waals surface area contributed by atoms with E-state index in [1.807, 2.05) is 6.92 Å². The van der Waals surface area contributed by atoms with Gasteiger partial charge < -0.3 is 23.9 Å². The molecule has 0 fully saturated rings. The number of hydrogen-bond donors (Lipinski definition) is 1. The third-order valence-electron chi connectivity index (χ3n) is 2.60. The number of carbonyl (C=O) groups excluding carboxylic acids is 1. The fourth-order valence-electron chi connectivity index (χ4n) is 1.62. The molecule has 1 heterocycles. The van der Waals surface area contributed by atoms with E-state index in [1.165, 1.54) is 13.4 Å². The molecule has 1 unspecified atom stereocenters. The Morgan fingerprint density at radius 3 is 2.61 bits per heavy atom. The highest BCUT2D eigenvalue weighted by atomic mass is 16.7. The minimum absolute atomic E-state index is 0.0274. The normalized spacial score (nSPS) is 12.7. The molecule has 6 nitrogen and oxygen atoms in total. The van der Waals surface area contributed by atoms with Gasteiger partial charge in [0.05, 0.1) is 19.4 Å². The van der Waals surface area contributed by atoms with Crippen LogP contribution in [-0.2, 0) is 20.8 Å². The Balaban J connectivity index is 2.58. The van der Waals surface area contributed by atoms with Crippen molar-refractivity contribution in [1.29, 1.82) is 0 Å². The second-order valence-corrected chi connectivity index (χ2v) is 3.78. The van der Waals surface area contributed by atoms with Crippen LogP contribution in [0.25, 0.3) is 0 Å². The summed E-state index contributed by atoms with van der Waals surface area (Å²) in [5.74, 6) is -0.275. The minimum atomic E-state index is -0.487. The lowest BCUT2D eigenvalue weighted by atomic mass is 10.2. The molecule has 0 saturated carbocycles. The zero-order valence-corrected chi connectivity index (χ0v) is 11.1. The summed E-state index contributed by atoms with van der Waals surface area (Å²) in [6.45, 7) is 2.39. The molecule has 0 bridgehead atoms. The minimum Gasteiger partial charge on any atom is -0.463 e. The van der Waals surface area contributed by atoms with Gasteiger partial charge in [-0.3, -0.25) is 0 Å². The van der Waals surface area contributed by atoms with E-state index in [-0.39, 0.29) is 18.1 Å². The number of carbonyl (C=O) groups is 1. The summed E-state index contributed by atoms with van der Waals surface area (Å²) in [5, 5.41) is 3.19. The van der Waals surface area contributed by atoms with Crippen molar-refractivity contribution in [2.45, 2.75) is 25.8 Å². The third kappa shape index (κ3) is 3.56. The van der Waals surface area contributed by atoms with Crippen molar-refractivity contribution in [1.82, 2.24) is 5.32 Å². The number of rotatable bonds is 7. The highest BCUT2D eigenvalue weighted by Crippen LogP contribution is 2.12. The van der Waals surface area contributed by atoms with Gasteiger partial charge in [0.15, 0.2) is 6.29 Å². The van der Waals surface area contributed by atoms with Gasteiger partial charge >= 0.3 is 5.97 Å². The molecule has 6 heteroatoms. The van der Waals surface area contributed by atoms with Gasteiger partial charge in [-0.05, 0) is 13.0 Å². The monoisotopic (exact) mass is 257 g/mol. The lowest BCUT2D eigenvalue weighted by Crippen LogP contribution is -2.39. The van der Waals surface area contributed by atoms with Crippen LogP contribution in [0.4, 0.5) is 0 Å². The number of furan rings is 1. The van der Waals surface area contributed by atoms with Gasteiger partial charge in [-0.1, -0.05) is 0 Å². The first kappa shape index (κ1) is 14.7. The Morgan fingerprint density at radius 1 is 1.39 bits per heavy atom. The average molecular weight is 257 g/mol. The Bertz CT molecular complexity index is 372. The van der Waals surface area contributed by atoms with Gasteiger partial charge in [-0.25, -0.2) is 4.79 Å². The predicted molar refractivity (Wildman–Crippen MR) is 64.2 cm³/mol. The van der Waals surface area contributed by atoms with Crippen molar-refractivity contribution >= 4 is 5.97 Å².